The largest absolute Gasteiger partial charge is 0.461 e. The molecule has 0 bridgehead atoms. The first-order valence-electron chi connectivity index (χ1n) is 9.73. The molecule has 3 nitrogen and oxygen atoms in total. The second kappa shape index (κ2) is 10.1. The zero-order chi connectivity index (χ0) is 20.6. The molecule has 0 aliphatic rings. The van der Waals surface area contributed by atoms with E-state index in [2.05, 4.69) is 24.3 Å². The van der Waals surface area contributed by atoms with Crippen molar-refractivity contribution in [2.75, 3.05) is 6.61 Å². The Kier molecular flexibility index (Phi) is 7.32. The molecule has 29 heavy (non-hydrogen) atoms. The van der Waals surface area contributed by atoms with Crippen molar-refractivity contribution in [1.82, 2.24) is 0 Å². The van der Waals surface area contributed by atoms with Gasteiger partial charge in [0.05, 0.1) is 11.5 Å². The average Bonchev–Trinajstić information content (AvgIpc) is 2.76. The zero-order valence-corrected chi connectivity index (χ0v) is 17.6. The van der Waals surface area contributed by atoms with E-state index in [9.17, 15) is 9.59 Å². The summed E-state index contributed by atoms with van der Waals surface area (Å²) < 4.78 is 5.55. The van der Waals surface area contributed by atoms with Gasteiger partial charge in [-0.1, -0.05) is 92.7 Å². The van der Waals surface area contributed by atoms with Crippen LogP contribution in [0.3, 0.4) is 0 Å². The van der Waals surface area contributed by atoms with E-state index in [0.29, 0.717) is 5.56 Å². The van der Waals surface area contributed by atoms with Crippen LogP contribution in [0.25, 0.3) is 0 Å². The van der Waals surface area contributed by atoms with Crippen LogP contribution in [-0.2, 0) is 9.53 Å². The molecule has 0 saturated carbocycles. The second-order valence-corrected chi connectivity index (χ2v) is 9.35. The predicted octanol–water partition coefficient (Wildman–Crippen LogP) is 4.07. The van der Waals surface area contributed by atoms with Crippen molar-refractivity contribution in [3.8, 4) is 0 Å². The second-order valence-electron chi connectivity index (χ2n) is 7.17. The molecule has 1 unspecified atom stereocenters. The van der Waals surface area contributed by atoms with Crippen molar-refractivity contribution >= 4 is 36.1 Å². The molecule has 148 valence electrons. The van der Waals surface area contributed by atoms with Crippen LogP contribution in [0.1, 0.15) is 24.2 Å². The van der Waals surface area contributed by atoms with Crippen LogP contribution in [0.2, 0.25) is 0 Å². The van der Waals surface area contributed by atoms with E-state index in [0.717, 1.165) is 11.6 Å². The smallest absolute Gasteiger partial charge is 0.338 e. The number of rotatable bonds is 8. The van der Waals surface area contributed by atoms with E-state index in [1.54, 1.807) is 0 Å². The lowest BCUT2D eigenvalue weighted by molar-refractivity contribution is -0.113. The minimum atomic E-state index is -0.912. The van der Waals surface area contributed by atoms with Gasteiger partial charge in [0.25, 0.3) is 0 Å². The van der Waals surface area contributed by atoms with Crippen molar-refractivity contribution < 1.29 is 14.3 Å². The van der Waals surface area contributed by atoms with Gasteiger partial charge in [-0.15, -0.1) is 0 Å². The topological polar surface area (TPSA) is 43.4 Å². The zero-order valence-electron chi connectivity index (χ0n) is 16.7. The number of hydrogen-bond donors (Lipinski definition) is 0. The Morgan fingerprint density at radius 1 is 0.862 bits per heavy atom. The average molecular weight is 404 g/mol. The number of carbonyl (C=O) groups excluding carboxylic acids is 2. The molecule has 0 N–H and O–H groups in total. The lowest BCUT2D eigenvalue weighted by Crippen LogP contribution is -2.27. The third-order valence-corrected chi connectivity index (χ3v) is 7.33. The summed E-state index contributed by atoms with van der Waals surface area (Å²) in [6.45, 7) is 4.00. The molecule has 1 atom stereocenters. The highest BCUT2D eigenvalue weighted by Gasteiger charge is 2.24. The fourth-order valence-corrected chi connectivity index (χ4v) is 5.50. The van der Waals surface area contributed by atoms with Crippen LogP contribution in [0.4, 0.5) is 0 Å². The maximum atomic E-state index is 12.9. The maximum Gasteiger partial charge on any atom is 0.338 e. The molecule has 4 heteroatoms. The Labute approximate surface area is 173 Å². The summed E-state index contributed by atoms with van der Waals surface area (Å²) in [5.41, 5.74) is 0.555. The summed E-state index contributed by atoms with van der Waals surface area (Å²) in [7, 11) is -0.912. The molecule has 0 amide bonds. The Morgan fingerprint density at radius 2 is 1.38 bits per heavy atom. The molecule has 0 heterocycles. The standard InChI is InChI=1S/C25H25O3P/c1-19(2)20(17-26)18-28-25(27)23-15-9-10-16-24(23)29(21-11-5-3-6-12-21)22-13-7-4-8-14-22/h3-17,19-20H,18H2,1-2H3. The molecule has 3 rings (SSSR count). The van der Waals surface area contributed by atoms with Gasteiger partial charge in [-0.3, -0.25) is 0 Å². The Hall–Kier alpha value is -2.77. The van der Waals surface area contributed by atoms with Crippen molar-refractivity contribution in [2.24, 2.45) is 11.8 Å². The Balaban J connectivity index is 1.98. The highest BCUT2D eigenvalue weighted by molar-refractivity contribution is 7.80. The highest BCUT2D eigenvalue weighted by atomic mass is 31.1. The normalized spacial score (nSPS) is 12.0. The van der Waals surface area contributed by atoms with E-state index < -0.39 is 7.92 Å². The summed E-state index contributed by atoms with van der Waals surface area (Å²) >= 11 is 0. The molecule has 0 aromatic heterocycles. The Morgan fingerprint density at radius 3 is 1.90 bits per heavy atom. The first kappa shape index (κ1) is 21.0. The van der Waals surface area contributed by atoms with Gasteiger partial charge in [0, 0.05) is 0 Å². The van der Waals surface area contributed by atoms with E-state index in [1.807, 2.05) is 74.5 Å². The minimum absolute atomic E-state index is 0.100. The third kappa shape index (κ3) is 5.19. The predicted molar refractivity (Wildman–Crippen MR) is 120 cm³/mol. The van der Waals surface area contributed by atoms with Crippen LogP contribution in [0.5, 0.6) is 0 Å². The summed E-state index contributed by atoms with van der Waals surface area (Å²) in [4.78, 5) is 24.2. The van der Waals surface area contributed by atoms with Crippen LogP contribution in [0.15, 0.2) is 84.9 Å². The number of benzene rings is 3. The van der Waals surface area contributed by atoms with Crippen LogP contribution in [-0.4, -0.2) is 18.9 Å². The first-order valence-corrected chi connectivity index (χ1v) is 11.1. The van der Waals surface area contributed by atoms with Gasteiger partial charge in [-0.05, 0) is 35.8 Å². The summed E-state index contributed by atoms with van der Waals surface area (Å²) in [6.07, 6.45) is 0.866. The SMILES string of the molecule is CC(C)C(C=O)COC(=O)c1ccccc1P(c1ccccc1)c1ccccc1. The van der Waals surface area contributed by atoms with Gasteiger partial charge < -0.3 is 9.53 Å². The summed E-state index contributed by atoms with van der Waals surface area (Å²) in [5.74, 6) is -0.551. The van der Waals surface area contributed by atoms with Gasteiger partial charge in [-0.2, -0.15) is 0 Å². The molecule has 0 saturated heterocycles. The van der Waals surface area contributed by atoms with Gasteiger partial charge in [0.15, 0.2) is 0 Å². The first-order chi connectivity index (χ1) is 14.1. The minimum Gasteiger partial charge on any atom is -0.461 e. The van der Waals surface area contributed by atoms with Gasteiger partial charge in [-0.25, -0.2) is 4.79 Å². The number of carbonyl (C=O) groups is 2. The molecule has 3 aromatic carbocycles. The van der Waals surface area contributed by atoms with Crippen molar-refractivity contribution in [2.45, 2.75) is 13.8 Å². The molecule has 0 aliphatic heterocycles. The number of hydrogen-bond acceptors (Lipinski definition) is 3. The van der Waals surface area contributed by atoms with E-state index in [1.165, 1.54) is 10.6 Å². The number of aldehydes is 1. The van der Waals surface area contributed by atoms with E-state index in [4.69, 9.17) is 4.74 Å². The van der Waals surface area contributed by atoms with Crippen molar-refractivity contribution in [3.63, 3.8) is 0 Å². The van der Waals surface area contributed by atoms with Crippen LogP contribution in [0, 0.1) is 11.8 Å². The molecule has 0 radical (unpaired) electrons. The van der Waals surface area contributed by atoms with E-state index in [-0.39, 0.29) is 24.4 Å². The molecular weight excluding hydrogens is 379 g/mol. The molecule has 0 spiro atoms. The Bertz CT molecular complexity index is 899. The number of ether oxygens (including phenoxy) is 1. The molecular formula is C25H25O3P. The quantitative estimate of drug-likeness (QED) is 0.323. The fraction of sp³-hybridized carbons (Fsp3) is 0.200. The summed E-state index contributed by atoms with van der Waals surface area (Å²) in [5, 5.41) is 3.29. The van der Waals surface area contributed by atoms with Gasteiger partial charge in [0.1, 0.15) is 12.9 Å². The lowest BCUT2D eigenvalue weighted by Gasteiger charge is -2.22. The van der Waals surface area contributed by atoms with Crippen LogP contribution < -0.4 is 15.9 Å². The van der Waals surface area contributed by atoms with Crippen molar-refractivity contribution in [1.29, 1.82) is 0 Å². The highest BCUT2D eigenvalue weighted by Crippen LogP contribution is 2.34. The summed E-state index contributed by atoms with van der Waals surface area (Å²) in [6, 6.07) is 28.1. The molecule has 0 fully saturated rings. The maximum absolute atomic E-state index is 12.9. The molecule has 0 aliphatic carbocycles. The van der Waals surface area contributed by atoms with Crippen LogP contribution >= 0.6 is 7.92 Å². The monoisotopic (exact) mass is 404 g/mol. The van der Waals surface area contributed by atoms with Gasteiger partial charge >= 0.3 is 5.97 Å². The molecule has 3 aromatic rings. The third-order valence-electron chi connectivity index (χ3n) is 4.83. The van der Waals surface area contributed by atoms with E-state index >= 15 is 0 Å². The number of esters is 1. The lowest BCUT2D eigenvalue weighted by atomic mass is 9.99. The van der Waals surface area contributed by atoms with Gasteiger partial charge in [0.2, 0.25) is 0 Å². The van der Waals surface area contributed by atoms with Crippen molar-refractivity contribution in [3.05, 3.63) is 90.5 Å². The fourth-order valence-electron chi connectivity index (χ4n) is 3.06.